The van der Waals surface area contributed by atoms with Gasteiger partial charge in [-0.25, -0.2) is 4.39 Å². The number of piperidine rings is 1. The number of ketones is 1. The van der Waals surface area contributed by atoms with Crippen molar-refractivity contribution >= 4 is 23.1 Å². The number of anilines is 2. The molecule has 36 heavy (non-hydrogen) atoms. The molecule has 0 unspecified atom stereocenters. The molecule has 1 amide bonds. The Kier molecular flexibility index (Phi) is 7.88. The zero-order chi connectivity index (χ0) is 25.7. The molecule has 188 valence electrons. The molecular formula is C29H31FN2O4. The molecule has 1 aliphatic rings. The number of hydrogen-bond acceptors (Lipinski definition) is 5. The van der Waals surface area contributed by atoms with Gasteiger partial charge >= 0.3 is 0 Å². The minimum atomic E-state index is -0.357. The van der Waals surface area contributed by atoms with Crippen molar-refractivity contribution in [2.24, 2.45) is 5.92 Å². The number of benzene rings is 3. The Morgan fingerprint density at radius 2 is 1.56 bits per heavy atom. The largest absolute Gasteiger partial charge is 0.495 e. The van der Waals surface area contributed by atoms with E-state index in [-0.39, 0.29) is 23.4 Å². The summed E-state index contributed by atoms with van der Waals surface area (Å²) in [6, 6.07) is 18.6. The predicted octanol–water partition coefficient (Wildman–Crippen LogP) is 5.61. The fourth-order valence-electron chi connectivity index (χ4n) is 4.82. The predicted molar refractivity (Wildman–Crippen MR) is 139 cm³/mol. The third-order valence-corrected chi connectivity index (χ3v) is 6.70. The van der Waals surface area contributed by atoms with E-state index in [4.69, 9.17) is 9.47 Å². The number of hydrogen-bond donors (Lipinski definition) is 0. The van der Waals surface area contributed by atoms with E-state index in [1.807, 2.05) is 49.4 Å². The van der Waals surface area contributed by atoms with Gasteiger partial charge in [0.1, 0.15) is 17.3 Å². The van der Waals surface area contributed by atoms with Gasteiger partial charge in [0.05, 0.1) is 31.2 Å². The smallest absolute Gasteiger partial charge is 0.260 e. The third kappa shape index (κ3) is 5.05. The van der Waals surface area contributed by atoms with Crippen LogP contribution in [0.1, 0.15) is 40.5 Å². The van der Waals surface area contributed by atoms with Crippen molar-refractivity contribution in [2.45, 2.75) is 19.8 Å². The van der Waals surface area contributed by atoms with E-state index in [1.54, 1.807) is 19.1 Å². The fraction of sp³-hybridized carbons (Fsp3) is 0.310. The molecule has 0 bridgehead atoms. The highest BCUT2D eigenvalue weighted by Gasteiger charge is 2.31. The van der Waals surface area contributed by atoms with E-state index in [9.17, 15) is 14.0 Å². The summed E-state index contributed by atoms with van der Waals surface area (Å²) in [5.41, 5.74) is 2.49. The van der Waals surface area contributed by atoms with Gasteiger partial charge in [0.2, 0.25) is 0 Å². The van der Waals surface area contributed by atoms with Crippen molar-refractivity contribution in [3.63, 3.8) is 0 Å². The van der Waals surface area contributed by atoms with Crippen molar-refractivity contribution in [2.75, 3.05) is 43.7 Å². The van der Waals surface area contributed by atoms with Gasteiger partial charge in [-0.1, -0.05) is 18.2 Å². The third-order valence-electron chi connectivity index (χ3n) is 6.70. The van der Waals surface area contributed by atoms with Crippen LogP contribution in [0.2, 0.25) is 0 Å². The lowest BCUT2D eigenvalue weighted by Crippen LogP contribution is -2.39. The Morgan fingerprint density at radius 1 is 0.917 bits per heavy atom. The van der Waals surface area contributed by atoms with E-state index in [0.29, 0.717) is 60.8 Å². The maximum atomic E-state index is 13.9. The monoisotopic (exact) mass is 490 g/mol. The minimum absolute atomic E-state index is 0.0271. The van der Waals surface area contributed by atoms with Gasteiger partial charge in [0, 0.05) is 31.1 Å². The first-order chi connectivity index (χ1) is 17.5. The number of halogens is 1. The first-order valence-electron chi connectivity index (χ1n) is 12.1. The van der Waals surface area contributed by atoms with E-state index in [2.05, 4.69) is 4.90 Å². The van der Waals surface area contributed by atoms with Gasteiger partial charge in [0.25, 0.3) is 5.91 Å². The van der Waals surface area contributed by atoms with Gasteiger partial charge in [-0.15, -0.1) is 0 Å². The van der Waals surface area contributed by atoms with Gasteiger partial charge in [-0.3, -0.25) is 9.59 Å². The molecule has 1 fully saturated rings. The molecule has 0 aliphatic carbocycles. The van der Waals surface area contributed by atoms with Crippen LogP contribution in [0.15, 0.2) is 66.7 Å². The molecule has 6 nitrogen and oxygen atoms in total. The van der Waals surface area contributed by atoms with Crippen molar-refractivity contribution in [1.29, 1.82) is 0 Å². The molecule has 0 radical (unpaired) electrons. The summed E-state index contributed by atoms with van der Waals surface area (Å²) in [4.78, 5) is 30.6. The maximum absolute atomic E-state index is 13.9. The number of ether oxygens (including phenoxy) is 2. The summed E-state index contributed by atoms with van der Waals surface area (Å²) in [7, 11) is 3.18. The number of carbonyl (C=O) groups is 2. The van der Waals surface area contributed by atoms with E-state index in [1.165, 1.54) is 24.3 Å². The Morgan fingerprint density at radius 3 is 2.19 bits per heavy atom. The van der Waals surface area contributed by atoms with E-state index in [0.717, 1.165) is 5.69 Å². The van der Waals surface area contributed by atoms with Crippen LogP contribution in [0.25, 0.3) is 0 Å². The Hall–Kier alpha value is -3.87. The average molecular weight is 491 g/mol. The number of Topliss-reactive ketones (excluding diaryl/α,β-unsaturated/α-hetero) is 1. The molecule has 0 spiro atoms. The van der Waals surface area contributed by atoms with Gasteiger partial charge in [-0.05, 0) is 68.3 Å². The highest BCUT2D eigenvalue weighted by atomic mass is 19.1. The number of carbonyl (C=O) groups excluding carboxylic acids is 2. The van der Waals surface area contributed by atoms with Crippen molar-refractivity contribution < 1.29 is 23.5 Å². The lowest BCUT2D eigenvalue weighted by atomic mass is 9.88. The SMILES string of the molecule is CCN(C(=O)c1cccc(OC)c1N1CCC(C(=O)c2ccc(F)cc2)CC1)c1ccccc1OC. The van der Waals surface area contributed by atoms with Crippen molar-refractivity contribution in [1.82, 2.24) is 0 Å². The van der Waals surface area contributed by atoms with Crippen LogP contribution >= 0.6 is 0 Å². The molecular weight excluding hydrogens is 459 g/mol. The number of nitrogens with zero attached hydrogens (tertiary/aromatic N) is 2. The molecule has 7 heteroatoms. The van der Waals surface area contributed by atoms with Crippen molar-refractivity contribution in [3.05, 3.63) is 83.7 Å². The normalized spacial score (nSPS) is 13.8. The molecule has 3 aromatic rings. The summed E-state index contributed by atoms with van der Waals surface area (Å²) < 4.78 is 24.4. The van der Waals surface area contributed by atoms with Gasteiger partial charge < -0.3 is 19.3 Å². The van der Waals surface area contributed by atoms with E-state index < -0.39 is 0 Å². The molecule has 0 atom stereocenters. The quantitative estimate of drug-likeness (QED) is 0.384. The van der Waals surface area contributed by atoms with Crippen LogP contribution in [-0.4, -0.2) is 45.5 Å². The molecule has 0 N–H and O–H groups in total. The maximum Gasteiger partial charge on any atom is 0.260 e. The molecule has 1 heterocycles. The number of amides is 1. The number of para-hydroxylation sites is 3. The molecule has 1 saturated heterocycles. The number of rotatable bonds is 8. The lowest BCUT2D eigenvalue weighted by Gasteiger charge is -2.35. The Balaban J connectivity index is 1.60. The van der Waals surface area contributed by atoms with E-state index >= 15 is 0 Å². The van der Waals surface area contributed by atoms with Crippen molar-refractivity contribution in [3.8, 4) is 11.5 Å². The molecule has 1 aliphatic heterocycles. The van der Waals surface area contributed by atoms with Crippen LogP contribution in [0.4, 0.5) is 15.8 Å². The number of methoxy groups -OCH3 is 2. The molecule has 0 saturated carbocycles. The standard InChI is InChI=1S/C29H31FN2O4/c1-4-32(24-9-5-6-10-25(24)35-2)29(34)23-8-7-11-26(36-3)27(23)31-18-16-21(17-19-31)28(33)20-12-14-22(30)15-13-20/h5-15,21H,4,16-19H2,1-3H3. The topological polar surface area (TPSA) is 59.1 Å². The average Bonchev–Trinajstić information content (AvgIpc) is 2.93. The summed E-state index contributed by atoms with van der Waals surface area (Å²) in [6.45, 7) is 3.58. The van der Waals surface area contributed by atoms with Gasteiger partial charge in [-0.2, -0.15) is 0 Å². The summed E-state index contributed by atoms with van der Waals surface area (Å²) in [5, 5.41) is 0. The summed E-state index contributed by atoms with van der Waals surface area (Å²) >= 11 is 0. The summed E-state index contributed by atoms with van der Waals surface area (Å²) in [5.74, 6) is 0.600. The van der Waals surface area contributed by atoms with Crippen LogP contribution in [0, 0.1) is 11.7 Å². The zero-order valence-corrected chi connectivity index (χ0v) is 20.9. The minimum Gasteiger partial charge on any atom is -0.495 e. The first kappa shape index (κ1) is 25.2. The second kappa shape index (κ2) is 11.2. The second-order valence-electron chi connectivity index (χ2n) is 8.71. The highest BCUT2D eigenvalue weighted by molar-refractivity contribution is 6.11. The van der Waals surface area contributed by atoms with Crippen LogP contribution < -0.4 is 19.3 Å². The fourth-order valence-corrected chi connectivity index (χ4v) is 4.82. The van der Waals surface area contributed by atoms with Gasteiger partial charge in [0.15, 0.2) is 5.78 Å². The Labute approximate surface area is 211 Å². The Bertz CT molecular complexity index is 1220. The van der Waals surface area contributed by atoms with Crippen LogP contribution in [-0.2, 0) is 0 Å². The zero-order valence-electron chi connectivity index (χ0n) is 20.9. The van der Waals surface area contributed by atoms with Crippen LogP contribution in [0.3, 0.4) is 0 Å². The molecule has 0 aromatic heterocycles. The second-order valence-corrected chi connectivity index (χ2v) is 8.71. The first-order valence-corrected chi connectivity index (χ1v) is 12.1. The summed E-state index contributed by atoms with van der Waals surface area (Å²) in [6.07, 6.45) is 1.26. The highest BCUT2D eigenvalue weighted by Crippen LogP contribution is 2.38. The molecule has 3 aromatic carbocycles. The lowest BCUT2D eigenvalue weighted by molar-refractivity contribution is 0.0899. The van der Waals surface area contributed by atoms with Crippen LogP contribution in [0.5, 0.6) is 11.5 Å². The molecule has 4 rings (SSSR count).